The molecule has 0 fully saturated rings. The van der Waals surface area contributed by atoms with E-state index in [4.69, 9.17) is 0 Å². The lowest BCUT2D eigenvalue weighted by molar-refractivity contribution is -0.384. The zero-order valence-corrected chi connectivity index (χ0v) is 16.0. The summed E-state index contributed by atoms with van der Waals surface area (Å²) in [4.78, 5) is 27.4. The Morgan fingerprint density at radius 2 is 1.93 bits per heavy atom. The highest BCUT2D eigenvalue weighted by atomic mass is 16.6. The third kappa shape index (κ3) is 3.63. The molecule has 0 aliphatic heterocycles. The first-order chi connectivity index (χ1) is 14.4. The van der Waals surface area contributed by atoms with Crippen LogP contribution in [0.1, 0.15) is 22.0 Å². The van der Waals surface area contributed by atoms with E-state index in [1.165, 1.54) is 16.8 Å². The molecule has 11 heteroatoms. The molecule has 0 bridgehead atoms. The van der Waals surface area contributed by atoms with Crippen LogP contribution in [0.25, 0.3) is 17.1 Å². The molecule has 2 aromatic carbocycles. The van der Waals surface area contributed by atoms with Crippen LogP contribution in [0.4, 0.5) is 11.4 Å². The molecule has 0 radical (unpaired) electrons. The zero-order valence-electron chi connectivity index (χ0n) is 16.0. The first kappa shape index (κ1) is 18.9. The maximum absolute atomic E-state index is 12.6. The number of aromatic amines is 1. The fraction of sp³-hybridized carbons (Fsp3) is 0.105. The Bertz CT molecular complexity index is 1240. The molecule has 0 aliphatic rings. The summed E-state index contributed by atoms with van der Waals surface area (Å²) in [6, 6.07) is 13.0. The molecule has 0 spiro atoms. The summed E-state index contributed by atoms with van der Waals surface area (Å²) < 4.78 is 1.39. The highest BCUT2D eigenvalue weighted by Gasteiger charge is 2.19. The lowest BCUT2D eigenvalue weighted by Gasteiger charge is -2.06. The average Bonchev–Trinajstić information content (AvgIpc) is 3.34. The Hall–Kier alpha value is -4.41. The molecule has 2 heterocycles. The number of carbonyl (C=O) groups is 1. The van der Waals surface area contributed by atoms with Crippen LogP contribution < -0.4 is 5.32 Å². The van der Waals surface area contributed by atoms with E-state index in [1.54, 1.807) is 43.3 Å². The van der Waals surface area contributed by atoms with Crippen molar-refractivity contribution in [2.45, 2.75) is 13.8 Å². The van der Waals surface area contributed by atoms with Crippen LogP contribution in [0.3, 0.4) is 0 Å². The molecule has 11 nitrogen and oxygen atoms in total. The van der Waals surface area contributed by atoms with E-state index < -0.39 is 10.8 Å². The second-order valence-corrected chi connectivity index (χ2v) is 6.49. The lowest BCUT2D eigenvalue weighted by atomic mass is 10.2. The number of carbonyl (C=O) groups excluding carboxylic acids is 1. The topological polar surface area (TPSA) is 145 Å². The van der Waals surface area contributed by atoms with Crippen LogP contribution in [0.5, 0.6) is 0 Å². The average molecular weight is 404 g/mol. The number of aryl methyl sites for hydroxylation is 1. The van der Waals surface area contributed by atoms with E-state index in [-0.39, 0.29) is 11.4 Å². The van der Waals surface area contributed by atoms with Crippen molar-refractivity contribution in [1.29, 1.82) is 0 Å². The molecule has 1 amide bonds. The molecule has 0 saturated heterocycles. The Kier molecular flexibility index (Phi) is 4.76. The molecule has 2 N–H and O–H groups in total. The van der Waals surface area contributed by atoms with Crippen molar-refractivity contribution in [2.24, 2.45) is 0 Å². The number of benzene rings is 2. The van der Waals surface area contributed by atoms with Crippen LogP contribution in [0, 0.1) is 24.0 Å². The first-order valence-electron chi connectivity index (χ1n) is 8.90. The molecule has 30 heavy (non-hydrogen) atoms. The molecule has 0 unspecified atom stereocenters. The number of nitro benzene ring substituents is 1. The molecule has 2 aromatic heterocycles. The normalized spacial score (nSPS) is 10.7. The summed E-state index contributed by atoms with van der Waals surface area (Å²) in [7, 11) is 0. The van der Waals surface area contributed by atoms with Gasteiger partial charge >= 0.3 is 0 Å². The second kappa shape index (κ2) is 7.54. The largest absolute Gasteiger partial charge is 0.321 e. The van der Waals surface area contributed by atoms with Crippen LogP contribution in [-0.2, 0) is 0 Å². The first-order valence-corrected chi connectivity index (χ1v) is 8.90. The number of anilines is 1. The Morgan fingerprint density at radius 3 is 2.60 bits per heavy atom. The van der Waals surface area contributed by atoms with Crippen LogP contribution in [-0.4, -0.2) is 41.0 Å². The third-order valence-corrected chi connectivity index (χ3v) is 4.39. The van der Waals surface area contributed by atoms with Gasteiger partial charge in [0, 0.05) is 23.4 Å². The van der Waals surface area contributed by atoms with E-state index in [0.29, 0.717) is 28.7 Å². The van der Waals surface area contributed by atoms with Gasteiger partial charge < -0.3 is 5.32 Å². The minimum atomic E-state index is -0.493. The molecule has 0 aliphatic carbocycles. The summed E-state index contributed by atoms with van der Waals surface area (Å²) in [5, 5.41) is 28.5. The molecular formula is C19H16N8O3. The van der Waals surface area contributed by atoms with Gasteiger partial charge in [-0.05, 0) is 44.2 Å². The van der Waals surface area contributed by atoms with Crippen LogP contribution in [0.2, 0.25) is 0 Å². The number of hydrogen-bond acceptors (Lipinski definition) is 7. The van der Waals surface area contributed by atoms with Gasteiger partial charge in [-0.1, -0.05) is 11.3 Å². The number of nitrogens with zero attached hydrogens (tertiary/aromatic N) is 6. The third-order valence-electron chi connectivity index (χ3n) is 4.39. The number of nitro groups is 1. The highest BCUT2D eigenvalue weighted by Crippen LogP contribution is 2.20. The zero-order chi connectivity index (χ0) is 21.3. The minimum Gasteiger partial charge on any atom is -0.321 e. The smallest absolute Gasteiger partial charge is 0.278 e. The van der Waals surface area contributed by atoms with Crippen molar-refractivity contribution in [3.8, 4) is 17.1 Å². The lowest BCUT2D eigenvalue weighted by Crippen LogP contribution is -2.14. The fourth-order valence-corrected chi connectivity index (χ4v) is 2.89. The molecule has 0 saturated carbocycles. The number of H-pyrrole nitrogens is 1. The van der Waals surface area contributed by atoms with Gasteiger partial charge in [-0.3, -0.25) is 20.0 Å². The number of non-ortho nitro benzene ring substituents is 1. The van der Waals surface area contributed by atoms with Crippen molar-refractivity contribution >= 4 is 17.3 Å². The van der Waals surface area contributed by atoms with E-state index >= 15 is 0 Å². The summed E-state index contributed by atoms with van der Waals surface area (Å²) >= 11 is 0. The van der Waals surface area contributed by atoms with Gasteiger partial charge in [-0.15, -0.1) is 5.10 Å². The minimum absolute atomic E-state index is 0.0740. The molecule has 4 rings (SSSR count). The van der Waals surface area contributed by atoms with Gasteiger partial charge in [0.2, 0.25) is 0 Å². The highest BCUT2D eigenvalue weighted by molar-refractivity contribution is 6.03. The van der Waals surface area contributed by atoms with Crippen LogP contribution in [0.15, 0.2) is 48.5 Å². The van der Waals surface area contributed by atoms with Gasteiger partial charge in [0.1, 0.15) is 5.82 Å². The fourth-order valence-electron chi connectivity index (χ4n) is 2.89. The van der Waals surface area contributed by atoms with E-state index in [1.807, 2.05) is 6.92 Å². The van der Waals surface area contributed by atoms with Gasteiger partial charge in [0.05, 0.1) is 16.3 Å². The molecule has 0 atom stereocenters. The Morgan fingerprint density at radius 1 is 1.17 bits per heavy atom. The summed E-state index contributed by atoms with van der Waals surface area (Å²) in [6.07, 6.45) is 0. The van der Waals surface area contributed by atoms with E-state index in [2.05, 4.69) is 30.8 Å². The number of hydrogen-bond donors (Lipinski definition) is 2. The van der Waals surface area contributed by atoms with Gasteiger partial charge in [0.15, 0.2) is 11.5 Å². The predicted octanol–water partition coefficient (Wildman–Crippen LogP) is 2.83. The van der Waals surface area contributed by atoms with Crippen molar-refractivity contribution in [2.75, 3.05) is 5.32 Å². The Balaban J connectivity index is 1.53. The van der Waals surface area contributed by atoms with Crippen molar-refractivity contribution in [3.05, 3.63) is 75.9 Å². The van der Waals surface area contributed by atoms with E-state index in [9.17, 15) is 14.9 Å². The Labute approximate surface area is 169 Å². The van der Waals surface area contributed by atoms with Gasteiger partial charge in [0.25, 0.3) is 11.6 Å². The SMILES string of the molecule is Cc1nc(-c2ccc(NC(=O)c3nnn(-c4cccc([N+](=O)[O-])c4)c3C)cc2)n[nH]1. The number of amides is 1. The molecular weight excluding hydrogens is 388 g/mol. The van der Waals surface area contributed by atoms with Gasteiger partial charge in [-0.25, -0.2) is 9.67 Å². The number of nitrogens with one attached hydrogen (secondary N) is 2. The number of rotatable bonds is 5. The van der Waals surface area contributed by atoms with E-state index in [0.717, 1.165) is 5.56 Å². The summed E-state index contributed by atoms with van der Waals surface area (Å²) in [5.74, 6) is 0.844. The molecule has 4 aromatic rings. The quantitative estimate of drug-likeness (QED) is 0.384. The standard InChI is InChI=1S/C19H16N8O3/c1-11-17(23-25-26(11)15-4-3-5-16(10-15)27(29)30)19(28)21-14-8-6-13(7-9-14)18-20-12(2)22-24-18/h3-10H,1-2H3,(H,21,28)(H,20,22,24). The summed E-state index contributed by atoms with van der Waals surface area (Å²) in [6.45, 7) is 3.48. The number of aromatic nitrogens is 6. The van der Waals surface area contributed by atoms with Crippen LogP contribution >= 0.6 is 0 Å². The maximum atomic E-state index is 12.6. The van der Waals surface area contributed by atoms with Crippen molar-refractivity contribution < 1.29 is 9.72 Å². The predicted molar refractivity (Wildman–Crippen MR) is 107 cm³/mol. The molecule has 150 valence electrons. The summed E-state index contributed by atoms with van der Waals surface area (Å²) in [5.41, 5.74) is 2.33. The van der Waals surface area contributed by atoms with Crippen molar-refractivity contribution in [3.63, 3.8) is 0 Å². The maximum Gasteiger partial charge on any atom is 0.278 e. The van der Waals surface area contributed by atoms with Crippen molar-refractivity contribution in [1.82, 2.24) is 30.2 Å². The van der Waals surface area contributed by atoms with Gasteiger partial charge in [-0.2, -0.15) is 5.10 Å². The monoisotopic (exact) mass is 404 g/mol. The second-order valence-electron chi connectivity index (χ2n) is 6.49.